The number of aliphatic carboxylic acids is 1. The van der Waals surface area contributed by atoms with Gasteiger partial charge >= 0.3 is 5.97 Å². The summed E-state index contributed by atoms with van der Waals surface area (Å²) in [5, 5.41) is 20.4. The molecule has 4 heteroatoms. The molecule has 0 saturated carbocycles. The summed E-state index contributed by atoms with van der Waals surface area (Å²) in [5.41, 5.74) is 5.72. The zero-order valence-electron chi connectivity index (χ0n) is 17.7. The van der Waals surface area contributed by atoms with E-state index in [1.54, 1.807) is 0 Å². The van der Waals surface area contributed by atoms with Crippen molar-refractivity contribution >= 4 is 25.2 Å². The Morgan fingerprint density at radius 3 is 2.07 bits per heavy atom. The molecule has 0 bridgehead atoms. The highest BCUT2D eigenvalue weighted by Crippen LogP contribution is 2.56. The molecular formula is C25H28O3Si. The van der Waals surface area contributed by atoms with Crippen LogP contribution in [0.15, 0.2) is 60.7 Å². The van der Waals surface area contributed by atoms with Crippen molar-refractivity contribution < 1.29 is 15.0 Å². The zero-order chi connectivity index (χ0) is 21.2. The quantitative estimate of drug-likeness (QED) is 0.693. The van der Waals surface area contributed by atoms with Gasteiger partial charge in [-0.25, -0.2) is 0 Å². The number of fused-ring (bicyclic) bond motifs is 2. The summed E-state index contributed by atoms with van der Waals surface area (Å²) in [7, 11) is -3.00. The third-order valence-electron chi connectivity index (χ3n) is 7.12. The molecule has 2 unspecified atom stereocenters. The predicted octanol–water partition coefficient (Wildman–Crippen LogP) is 5.15. The van der Waals surface area contributed by atoms with Gasteiger partial charge in [-0.2, -0.15) is 0 Å². The van der Waals surface area contributed by atoms with Crippen molar-refractivity contribution in [3.8, 4) is 0 Å². The minimum Gasteiger partial charge on any atom is -0.481 e. The summed E-state index contributed by atoms with van der Waals surface area (Å²) in [4.78, 5) is 13.1. The van der Waals surface area contributed by atoms with E-state index in [4.69, 9.17) is 0 Å². The van der Waals surface area contributed by atoms with Crippen LogP contribution in [0.1, 0.15) is 43.0 Å². The number of benzene rings is 2. The van der Waals surface area contributed by atoms with Gasteiger partial charge in [0.15, 0.2) is 0 Å². The van der Waals surface area contributed by atoms with Crippen molar-refractivity contribution in [2.75, 3.05) is 0 Å². The van der Waals surface area contributed by atoms with E-state index in [1.165, 1.54) is 0 Å². The summed E-state index contributed by atoms with van der Waals surface area (Å²) >= 11 is 0. The van der Waals surface area contributed by atoms with Crippen LogP contribution in [0.3, 0.4) is 0 Å². The van der Waals surface area contributed by atoms with Crippen LogP contribution < -0.4 is 0 Å². The lowest BCUT2D eigenvalue weighted by Crippen LogP contribution is -2.66. The Labute approximate surface area is 173 Å². The van der Waals surface area contributed by atoms with Crippen LogP contribution in [0.2, 0.25) is 13.1 Å². The fraction of sp³-hybridized carbons (Fsp3) is 0.320. The van der Waals surface area contributed by atoms with Gasteiger partial charge in [-0.1, -0.05) is 81.5 Å². The first-order chi connectivity index (χ1) is 13.6. The smallest absolute Gasteiger partial charge is 0.315 e. The van der Waals surface area contributed by atoms with E-state index in [2.05, 4.69) is 13.8 Å². The molecule has 0 aromatic heterocycles. The lowest BCUT2D eigenvalue weighted by atomic mass is 9.96. The van der Waals surface area contributed by atoms with Crippen LogP contribution in [-0.2, 0) is 15.1 Å². The molecule has 2 aliphatic rings. The van der Waals surface area contributed by atoms with E-state index >= 15 is 0 Å². The van der Waals surface area contributed by atoms with Crippen LogP contribution in [0.25, 0.3) is 11.1 Å². The number of rotatable bonds is 4. The first-order valence-corrected chi connectivity index (χ1v) is 13.2. The minimum absolute atomic E-state index is 0.199. The molecule has 4 rings (SSSR count). The molecule has 2 N–H and O–H groups in total. The molecule has 2 aromatic rings. The van der Waals surface area contributed by atoms with Crippen molar-refractivity contribution in [1.29, 1.82) is 0 Å². The molecule has 0 amide bonds. The summed E-state index contributed by atoms with van der Waals surface area (Å²) in [6.45, 7) is 10.2. The third-order valence-corrected chi connectivity index (χ3v) is 12.0. The molecule has 3 nitrogen and oxygen atoms in total. The minimum atomic E-state index is -3.00. The van der Waals surface area contributed by atoms with E-state index in [9.17, 15) is 15.0 Å². The van der Waals surface area contributed by atoms with Crippen molar-refractivity contribution in [3.05, 3.63) is 82.9 Å². The molecule has 2 atom stereocenters. The number of carboxylic acids is 1. The Bertz CT molecular complexity index is 1080. The van der Waals surface area contributed by atoms with Gasteiger partial charge in [0.2, 0.25) is 0 Å². The van der Waals surface area contributed by atoms with E-state index in [0.29, 0.717) is 0 Å². The first kappa shape index (κ1) is 19.9. The van der Waals surface area contributed by atoms with Crippen LogP contribution in [0.4, 0.5) is 0 Å². The van der Waals surface area contributed by atoms with Crippen LogP contribution in [0, 0.1) is 5.92 Å². The van der Waals surface area contributed by atoms with E-state index in [0.717, 1.165) is 33.4 Å². The second kappa shape index (κ2) is 6.28. The summed E-state index contributed by atoms with van der Waals surface area (Å²) in [6.07, 6.45) is 3.86. The zero-order valence-corrected chi connectivity index (χ0v) is 18.7. The number of carboxylic acid groups (broad SMARTS) is 1. The average Bonchev–Trinajstić information content (AvgIpc) is 3.17. The molecule has 0 radical (unpaired) electrons. The Morgan fingerprint density at radius 1 is 0.931 bits per heavy atom. The molecule has 0 fully saturated rings. The SMILES string of the molecule is CC1=CC(O)([Si](C)(C)C2(C(=O)O)C=C(C(C)C)c3ccccc32)c2ccccc21. The molecule has 0 saturated heterocycles. The number of hydrogen-bond donors (Lipinski definition) is 2. The number of hydrogen-bond acceptors (Lipinski definition) is 2. The third kappa shape index (κ3) is 2.36. The maximum Gasteiger partial charge on any atom is 0.315 e. The first-order valence-electron chi connectivity index (χ1n) is 10.2. The van der Waals surface area contributed by atoms with Crippen molar-refractivity contribution in [3.63, 3.8) is 0 Å². The Balaban J connectivity index is 2.05. The Kier molecular flexibility index (Phi) is 4.30. The lowest BCUT2D eigenvalue weighted by molar-refractivity contribution is -0.139. The van der Waals surface area contributed by atoms with Gasteiger partial charge in [-0.3, -0.25) is 4.79 Å². The van der Waals surface area contributed by atoms with Gasteiger partial charge in [0, 0.05) is 0 Å². The van der Waals surface area contributed by atoms with Crippen LogP contribution >= 0.6 is 0 Å². The standard InChI is InChI=1S/C25H28O3Si/c1-16(2)20-15-24(23(26)27,21-12-8-7-11-19(20)21)29(4,5)25(28)14-17(3)18-10-6-9-13-22(18)25/h6-16,28H,1-5H3,(H,26,27). The lowest BCUT2D eigenvalue weighted by Gasteiger charge is -2.47. The molecule has 2 aliphatic carbocycles. The summed E-state index contributed by atoms with van der Waals surface area (Å²) in [5.74, 6) is -0.675. The predicted molar refractivity (Wildman–Crippen MR) is 120 cm³/mol. The number of carbonyl (C=O) groups is 1. The van der Waals surface area contributed by atoms with E-state index in [-0.39, 0.29) is 5.92 Å². The van der Waals surface area contributed by atoms with Crippen molar-refractivity contribution in [1.82, 2.24) is 0 Å². The molecule has 2 aromatic carbocycles. The molecule has 0 heterocycles. The van der Waals surface area contributed by atoms with Gasteiger partial charge in [0.1, 0.15) is 13.1 Å². The van der Waals surface area contributed by atoms with E-state index < -0.39 is 24.3 Å². The molecule has 0 spiro atoms. The molecular weight excluding hydrogens is 376 g/mol. The van der Waals surface area contributed by atoms with Gasteiger partial charge in [0.05, 0.1) is 5.22 Å². The largest absolute Gasteiger partial charge is 0.481 e. The highest BCUT2D eigenvalue weighted by molar-refractivity contribution is 6.87. The van der Waals surface area contributed by atoms with Gasteiger partial charge in [-0.05, 0) is 52.3 Å². The summed E-state index contributed by atoms with van der Waals surface area (Å²) in [6, 6.07) is 15.7. The Hall–Kier alpha value is -2.43. The van der Waals surface area contributed by atoms with Crippen molar-refractivity contribution in [2.45, 2.75) is 44.1 Å². The monoisotopic (exact) mass is 404 g/mol. The molecule has 29 heavy (non-hydrogen) atoms. The topological polar surface area (TPSA) is 57.5 Å². The normalized spacial score (nSPS) is 25.5. The maximum absolute atomic E-state index is 13.1. The van der Waals surface area contributed by atoms with Gasteiger partial charge in [0.25, 0.3) is 0 Å². The fourth-order valence-corrected chi connectivity index (χ4v) is 9.36. The van der Waals surface area contributed by atoms with Crippen LogP contribution in [-0.4, -0.2) is 24.3 Å². The second-order valence-electron chi connectivity index (χ2n) is 9.18. The van der Waals surface area contributed by atoms with Gasteiger partial charge < -0.3 is 10.2 Å². The fourth-order valence-electron chi connectivity index (χ4n) is 5.35. The number of allylic oxidation sites excluding steroid dienone is 2. The average molecular weight is 405 g/mol. The maximum atomic E-state index is 13.1. The molecule has 0 aliphatic heterocycles. The Morgan fingerprint density at radius 2 is 1.48 bits per heavy atom. The number of aliphatic hydroxyl groups is 1. The highest BCUT2D eigenvalue weighted by atomic mass is 28.3. The summed E-state index contributed by atoms with van der Waals surface area (Å²) < 4.78 is 0. The van der Waals surface area contributed by atoms with Gasteiger partial charge in [-0.15, -0.1) is 0 Å². The van der Waals surface area contributed by atoms with Crippen molar-refractivity contribution in [2.24, 2.45) is 5.92 Å². The molecule has 150 valence electrons. The highest BCUT2D eigenvalue weighted by Gasteiger charge is 2.65. The second-order valence-corrected chi connectivity index (χ2v) is 14.0. The van der Waals surface area contributed by atoms with E-state index in [1.807, 2.05) is 80.7 Å². The van der Waals surface area contributed by atoms with Crippen LogP contribution in [0.5, 0.6) is 0 Å².